The Bertz CT molecular complexity index is 481. The lowest BCUT2D eigenvalue weighted by molar-refractivity contribution is -0.160. The number of likely N-dealkylation sites (N-methyl/N-ethyl adjacent to an activating group) is 1. The first-order valence-corrected chi connectivity index (χ1v) is 7.80. The van der Waals surface area contributed by atoms with Crippen molar-refractivity contribution in [1.29, 1.82) is 0 Å². The fourth-order valence-corrected chi connectivity index (χ4v) is 2.42. The van der Waals surface area contributed by atoms with E-state index < -0.39 is 47.0 Å². The first-order valence-electron chi connectivity index (χ1n) is 7.80. The maximum absolute atomic E-state index is 12.6. The number of hydrogen-bond donors (Lipinski definition) is 4. The molecule has 0 saturated heterocycles. The van der Waals surface area contributed by atoms with Gasteiger partial charge >= 0.3 is 11.9 Å². The van der Waals surface area contributed by atoms with Gasteiger partial charge in [-0.3, -0.25) is 19.2 Å². The SMILES string of the molecule is CNC(=O)C(NC(=O)C(CC(C)C)C(C(=O)O)C(=O)O)C(C)(C)C. The number of carboxylic acid groups (broad SMARTS) is 2. The van der Waals surface area contributed by atoms with Gasteiger partial charge in [0.15, 0.2) is 5.92 Å². The summed E-state index contributed by atoms with van der Waals surface area (Å²) in [5.41, 5.74) is -0.625. The summed E-state index contributed by atoms with van der Waals surface area (Å²) in [5, 5.41) is 23.3. The Kier molecular flexibility index (Phi) is 7.89. The lowest BCUT2D eigenvalue weighted by Gasteiger charge is -2.32. The average molecular weight is 344 g/mol. The van der Waals surface area contributed by atoms with Gasteiger partial charge in [0.25, 0.3) is 0 Å². The van der Waals surface area contributed by atoms with Gasteiger partial charge in [-0.2, -0.15) is 0 Å². The van der Waals surface area contributed by atoms with Gasteiger partial charge < -0.3 is 20.8 Å². The van der Waals surface area contributed by atoms with Crippen molar-refractivity contribution < 1.29 is 29.4 Å². The van der Waals surface area contributed by atoms with Crippen molar-refractivity contribution >= 4 is 23.8 Å². The van der Waals surface area contributed by atoms with E-state index in [1.54, 1.807) is 34.6 Å². The zero-order chi connectivity index (χ0) is 19.2. The molecule has 0 rings (SSSR count). The highest BCUT2D eigenvalue weighted by Crippen LogP contribution is 2.25. The zero-order valence-electron chi connectivity index (χ0n) is 15.0. The van der Waals surface area contributed by atoms with E-state index in [-0.39, 0.29) is 12.3 Å². The summed E-state index contributed by atoms with van der Waals surface area (Å²) in [6.07, 6.45) is 0.0830. The second kappa shape index (κ2) is 8.65. The molecule has 0 saturated carbocycles. The number of carbonyl (C=O) groups is 4. The van der Waals surface area contributed by atoms with Gasteiger partial charge in [0.05, 0.1) is 5.92 Å². The van der Waals surface area contributed by atoms with Crippen LogP contribution in [0.4, 0.5) is 0 Å². The second-order valence-corrected chi connectivity index (χ2v) is 7.31. The highest BCUT2D eigenvalue weighted by Gasteiger charge is 2.42. The lowest BCUT2D eigenvalue weighted by atomic mass is 9.82. The maximum Gasteiger partial charge on any atom is 0.318 e. The third-order valence-corrected chi connectivity index (χ3v) is 3.66. The van der Waals surface area contributed by atoms with Gasteiger partial charge in [-0.05, 0) is 17.8 Å². The largest absolute Gasteiger partial charge is 0.481 e. The van der Waals surface area contributed by atoms with Crippen molar-refractivity contribution in [2.75, 3.05) is 7.05 Å². The predicted molar refractivity (Wildman–Crippen MR) is 87.2 cm³/mol. The van der Waals surface area contributed by atoms with E-state index in [0.29, 0.717) is 0 Å². The summed E-state index contributed by atoms with van der Waals surface area (Å²) >= 11 is 0. The normalized spacial score (nSPS) is 14.2. The van der Waals surface area contributed by atoms with E-state index in [2.05, 4.69) is 10.6 Å². The molecular weight excluding hydrogens is 316 g/mol. The Morgan fingerprint density at radius 1 is 0.958 bits per heavy atom. The minimum atomic E-state index is -1.86. The third kappa shape index (κ3) is 6.17. The molecular formula is C16H28N2O6. The standard InChI is InChI=1S/C16H28N2O6/c1-8(2)7-9(10(14(21)22)15(23)24)12(19)18-11(13(20)17-6)16(3,4)5/h8-11H,7H2,1-6H3,(H,17,20)(H,18,19)(H,21,22)(H,23,24). The molecule has 0 aromatic rings. The fourth-order valence-electron chi connectivity index (χ4n) is 2.42. The highest BCUT2D eigenvalue weighted by molar-refractivity contribution is 5.99. The van der Waals surface area contributed by atoms with Crippen LogP contribution in [0.2, 0.25) is 0 Å². The van der Waals surface area contributed by atoms with Crippen molar-refractivity contribution in [3.63, 3.8) is 0 Å². The van der Waals surface area contributed by atoms with Crippen LogP contribution in [-0.4, -0.2) is 47.1 Å². The molecule has 0 radical (unpaired) electrons. The minimum absolute atomic E-state index is 0.0830. The second-order valence-electron chi connectivity index (χ2n) is 7.31. The zero-order valence-corrected chi connectivity index (χ0v) is 15.0. The fraction of sp³-hybridized carbons (Fsp3) is 0.750. The van der Waals surface area contributed by atoms with E-state index in [9.17, 15) is 29.4 Å². The Morgan fingerprint density at radius 2 is 1.42 bits per heavy atom. The molecule has 0 aliphatic heterocycles. The summed E-state index contributed by atoms with van der Waals surface area (Å²) in [4.78, 5) is 47.2. The quantitative estimate of drug-likeness (QED) is 0.479. The molecule has 8 heteroatoms. The number of nitrogens with one attached hydrogen (secondary N) is 2. The average Bonchev–Trinajstić information content (AvgIpc) is 2.40. The van der Waals surface area contributed by atoms with Crippen LogP contribution in [-0.2, 0) is 19.2 Å². The summed E-state index contributed by atoms with van der Waals surface area (Å²) in [5.74, 6) is -7.54. The number of carbonyl (C=O) groups excluding carboxylic acids is 2. The van der Waals surface area contributed by atoms with Gasteiger partial charge in [-0.1, -0.05) is 34.6 Å². The predicted octanol–water partition coefficient (Wildman–Crippen LogP) is 0.711. The monoisotopic (exact) mass is 344 g/mol. The molecule has 0 heterocycles. The summed E-state index contributed by atoms with van der Waals surface area (Å²) in [6, 6.07) is -0.909. The number of aliphatic carboxylic acids is 2. The van der Waals surface area contributed by atoms with Gasteiger partial charge in [0.1, 0.15) is 6.04 Å². The highest BCUT2D eigenvalue weighted by atomic mass is 16.4. The van der Waals surface area contributed by atoms with Crippen molar-refractivity contribution in [3.05, 3.63) is 0 Å². The first kappa shape index (κ1) is 21.9. The van der Waals surface area contributed by atoms with Gasteiger partial charge in [-0.15, -0.1) is 0 Å². The molecule has 0 aliphatic carbocycles. The molecule has 2 unspecified atom stereocenters. The molecule has 138 valence electrons. The van der Waals surface area contributed by atoms with Crippen molar-refractivity contribution in [2.45, 2.75) is 47.1 Å². The van der Waals surface area contributed by atoms with Crippen molar-refractivity contribution in [3.8, 4) is 0 Å². The molecule has 0 aromatic carbocycles. The van der Waals surface area contributed by atoms with Gasteiger partial charge in [0, 0.05) is 7.05 Å². The Morgan fingerprint density at radius 3 is 1.71 bits per heavy atom. The summed E-state index contributed by atoms with van der Waals surface area (Å²) in [6.45, 7) is 8.77. The van der Waals surface area contributed by atoms with Crippen LogP contribution in [0.5, 0.6) is 0 Å². The minimum Gasteiger partial charge on any atom is -0.481 e. The van der Waals surface area contributed by atoms with Crippen molar-refractivity contribution in [2.24, 2.45) is 23.2 Å². The number of hydrogen-bond acceptors (Lipinski definition) is 4. The topological polar surface area (TPSA) is 133 Å². The van der Waals surface area contributed by atoms with Crippen LogP contribution in [0, 0.1) is 23.2 Å². The molecule has 0 fully saturated rings. The van der Waals surface area contributed by atoms with Crippen LogP contribution in [0.15, 0.2) is 0 Å². The molecule has 0 spiro atoms. The first-order chi connectivity index (χ1) is 10.8. The third-order valence-electron chi connectivity index (χ3n) is 3.66. The van der Waals surface area contributed by atoms with Gasteiger partial charge in [-0.25, -0.2) is 0 Å². The molecule has 4 N–H and O–H groups in total. The van der Waals surface area contributed by atoms with Crippen LogP contribution in [0.3, 0.4) is 0 Å². The van der Waals surface area contributed by atoms with E-state index >= 15 is 0 Å². The maximum atomic E-state index is 12.6. The van der Waals surface area contributed by atoms with E-state index in [0.717, 1.165) is 0 Å². The lowest BCUT2D eigenvalue weighted by Crippen LogP contribution is -2.55. The Balaban J connectivity index is 5.63. The summed E-state index contributed by atoms with van der Waals surface area (Å²) in [7, 11) is 1.43. The Labute approximate surface area is 142 Å². The van der Waals surface area contributed by atoms with Gasteiger partial charge in [0.2, 0.25) is 11.8 Å². The number of carboxylic acids is 2. The molecule has 24 heavy (non-hydrogen) atoms. The van der Waals surface area contributed by atoms with Crippen molar-refractivity contribution in [1.82, 2.24) is 10.6 Å². The van der Waals surface area contributed by atoms with E-state index in [4.69, 9.17) is 0 Å². The van der Waals surface area contributed by atoms with E-state index in [1.807, 2.05) is 0 Å². The molecule has 0 bridgehead atoms. The Hall–Kier alpha value is -2.12. The van der Waals surface area contributed by atoms with Crippen LogP contribution in [0.25, 0.3) is 0 Å². The molecule has 0 aromatic heterocycles. The van der Waals surface area contributed by atoms with E-state index in [1.165, 1.54) is 7.05 Å². The van der Waals surface area contributed by atoms with Crippen LogP contribution >= 0.6 is 0 Å². The van der Waals surface area contributed by atoms with Crippen LogP contribution < -0.4 is 10.6 Å². The molecule has 8 nitrogen and oxygen atoms in total. The molecule has 2 amide bonds. The number of rotatable bonds is 8. The number of amides is 2. The summed E-state index contributed by atoms with van der Waals surface area (Å²) < 4.78 is 0. The smallest absolute Gasteiger partial charge is 0.318 e. The molecule has 0 aliphatic rings. The molecule has 2 atom stereocenters. The van der Waals surface area contributed by atoms with Crippen LogP contribution in [0.1, 0.15) is 41.0 Å².